The fourth-order valence-electron chi connectivity index (χ4n) is 9.81. The van der Waals surface area contributed by atoms with E-state index in [9.17, 15) is 0 Å². The molecule has 0 aliphatic heterocycles. The van der Waals surface area contributed by atoms with E-state index in [0.29, 0.717) is 5.84 Å². The molecule has 10 heteroatoms. The summed E-state index contributed by atoms with van der Waals surface area (Å²) in [5, 5.41) is 2.15. The Labute approximate surface area is 342 Å². The molecule has 1 N–H and O–H groups in total. The summed E-state index contributed by atoms with van der Waals surface area (Å²) in [4.78, 5) is 18.3. The molecular formula is C51H28N8O2. The molecule has 15 rings (SSSR count). The van der Waals surface area contributed by atoms with Gasteiger partial charge in [0, 0.05) is 16.3 Å². The second-order valence-electron chi connectivity index (χ2n) is 15.9. The fraction of sp³-hybridized carbons (Fsp3) is 0. The van der Waals surface area contributed by atoms with E-state index < -0.39 is 0 Å². The van der Waals surface area contributed by atoms with Gasteiger partial charge in [0.2, 0.25) is 11.6 Å². The number of nitrogens with zero attached hydrogens (tertiary/aromatic N) is 7. The highest BCUT2D eigenvalue weighted by atomic mass is 16.4. The van der Waals surface area contributed by atoms with Crippen LogP contribution in [0.5, 0.6) is 0 Å². The Morgan fingerprint density at radius 2 is 1.18 bits per heavy atom. The van der Waals surface area contributed by atoms with Crippen molar-refractivity contribution < 1.29 is 8.83 Å². The summed E-state index contributed by atoms with van der Waals surface area (Å²) < 4.78 is 21.7. The van der Waals surface area contributed by atoms with Crippen LogP contribution in [-0.4, -0.2) is 37.7 Å². The van der Waals surface area contributed by atoms with Gasteiger partial charge >= 0.3 is 5.84 Å². The molecule has 284 valence electrons. The first kappa shape index (κ1) is 31.4. The SMILES string of the molecule is c1ccc2c(c1)nc1[nH]c3ccc(-c4ccc5oc6c(-c7ccc8c(c7)n7c9ccccc9nc7n8-c7ccc8nc9oc%10ccccc%10n9c8c7)cccc6c5c4)cc3n12. The number of benzene rings is 8. The van der Waals surface area contributed by atoms with Crippen molar-refractivity contribution in [2.45, 2.75) is 0 Å². The molecule has 0 atom stereocenters. The Hall–Kier alpha value is -8.63. The highest BCUT2D eigenvalue weighted by Gasteiger charge is 2.22. The zero-order valence-corrected chi connectivity index (χ0v) is 32.0. The predicted octanol–water partition coefficient (Wildman–Crippen LogP) is 12.5. The molecular weight excluding hydrogens is 757 g/mol. The van der Waals surface area contributed by atoms with Gasteiger partial charge < -0.3 is 13.8 Å². The van der Waals surface area contributed by atoms with Gasteiger partial charge in [0.05, 0.1) is 66.4 Å². The van der Waals surface area contributed by atoms with Crippen LogP contribution < -0.4 is 0 Å². The Balaban J connectivity index is 0.902. The normalized spacial score (nSPS) is 12.6. The van der Waals surface area contributed by atoms with E-state index in [-0.39, 0.29) is 0 Å². The van der Waals surface area contributed by atoms with E-state index in [1.807, 2.05) is 30.3 Å². The third-order valence-electron chi connectivity index (χ3n) is 12.6. The van der Waals surface area contributed by atoms with Gasteiger partial charge in [0.25, 0.3) is 0 Å². The summed E-state index contributed by atoms with van der Waals surface area (Å²) in [6.45, 7) is 0. The number of nitrogens with one attached hydrogen (secondary N) is 1. The summed E-state index contributed by atoms with van der Waals surface area (Å²) in [5.41, 5.74) is 18.9. The zero-order valence-electron chi connectivity index (χ0n) is 32.0. The highest BCUT2D eigenvalue weighted by Crippen LogP contribution is 2.40. The molecule has 7 aromatic heterocycles. The third-order valence-corrected chi connectivity index (χ3v) is 12.6. The lowest BCUT2D eigenvalue weighted by atomic mass is 9.99. The molecule has 8 aromatic carbocycles. The maximum absolute atomic E-state index is 6.75. The molecule has 0 aliphatic carbocycles. The molecule has 0 fully saturated rings. The number of oxazole rings is 1. The lowest BCUT2D eigenvalue weighted by molar-refractivity contribution is 0.643. The van der Waals surface area contributed by atoms with Crippen LogP contribution in [0.15, 0.2) is 173 Å². The Morgan fingerprint density at radius 1 is 0.426 bits per heavy atom. The minimum atomic E-state index is 0.575. The second-order valence-corrected chi connectivity index (χ2v) is 15.9. The molecule has 7 heterocycles. The Morgan fingerprint density at radius 3 is 2.10 bits per heavy atom. The van der Waals surface area contributed by atoms with Crippen molar-refractivity contribution in [3.05, 3.63) is 164 Å². The van der Waals surface area contributed by atoms with Gasteiger partial charge in [-0.2, -0.15) is 4.98 Å². The van der Waals surface area contributed by atoms with Crippen LogP contribution in [0.25, 0.3) is 134 Å². The highest BCUT2D eigenvalue weighted by molar-refractivity contribution is 6.11. The van der Waals surface area contributed by atoms with Crippen molar-refractivity contribution in [2.24, 2.45) is 0 Å². The quantitative estimate of drug-likeness (QED) is 0.192. The van der Waals surface area contributed by atoms with Crippen molar-refractivity contribution in [2.75, 3.05) is 0 Å². The van der Waals surface area contributed by atoms with E-state index >= 15 is 0 Å². The minimum Gasteiger partial charge on any atom is -0.455 e. The summed E-state index contributed by atoms with van der Waals surface area (Å²) in [6, 6.07) is 57.2. The number of imidazole rings is 5. The van der Waals surface area contributed by atoms with Gasteiger partial charge in [0.15, 0.2) is 5.58 Å². The molecule has 0 spiro atoms. The van der Waals surface area contributed by atoms with Gasteiger partial charge in [-0.1, -0.05) is 72.8 Å². The third kappa shape index (κ3) is 4.12. The minimum absolute atomic E-state index is 0.575. The number of aromatic nitrogens is 8. The van der Waals surface area contributed by atoms with E-state index in [0.717, 1.165) is 128 Å². The van der Waals surface area contributed by atoms with Gasteiger partial charge in [0.1, 0.15) is 11.2 Å². The molecule has 0 saturated heterocycles. The van der Waals surface area contributed by atoms with Crippen LogP contribution >= 0.6 is 0 Å². The van der Waals surface area contributed by atoms with E-state index in [1.54, 1.807) is 0 Å². The van der Waals surface area contributed by atoms with Crippen LogP contribution in [-0.2, 0) is 0 Å². The molecule has 61 heavy (non-hydrogen) atoms. The van der Waals surface area contributed by atoms with Gasteiger partial charge in [-0.3, -0.25) is 17.8 Å². The lowest BCUT2D eigenvalue weighted by Gasteiger charge is -2.07. The number of rotatable bonds is 3. The predicted molar refractivity (Wildman–Crippen MR) is 242 cm³/mol. The summed E-state index contributed by atoms with van der Waals surface area (Å²) >= 11 is 0. The molecule has 0 radical (unpaired) electrons. The standard InChI is InChI=1S/C51H28N8O2/c1-3-12-39-35(10-1)52-49-53-37-20-16-29(25-43(37)57(39)49)28-18-23-46-34(24-28)33-9-7-8-32(48(33)60-46)30-17-22-41-45(26-30)58-40-13-4-2-11-36(40)54-50(58)56(41)31-19-21-38-44(27-31)59-42-14-5-6-15-47(42)61-51(59)55-38/h1-27H,(H,52,53). The van der Waals surface area contributed by atoms with Crippen LogP contribution in [0.2, 0.25) is 0 Å². The first-order valence-corrected chi connectivity index (χ1v) is 20.3. The number of H-pyrrole nitrogens is 1. The second kappa shape index (κ2) is 11.1. The monoisotopic (exact) mass is 784 g/mol. The van der Waals surface area contributed by atoms with Crippen molar-refractivity contribution in [3.8, 4) is 27.9 Å². The molecule has 0 amide bonds. The molecule has 0 bridgehead atoms. The molecule has 0 saturated carbocycles. The number of hydrogen-bond donors (Lipinski definition) is 1. The van der Waals surface area contributed by atoms with E-state index in [2.05, 4.69) is 156 Å². The summed E-state index contributed by atoms with van der Waals surface area (Å²) in [6.07, 6.45) is 0. The largest absolute Gasteiger partial charge is 0.455 e. The van der Waals surface area contributed by atoms with Gasteiger partial charge in [-0.05, 0) is 108 Å². The van der Waals surface area contributed by atoms with Crippen LogP contribution in [0.1, 0.15) is 0 Å². The van der Waals surface area contributed by atoms with Crippen LogP contribution in [0.3, 0.4) is 0 Å². The topological polar surface area (TPSA) is 98.9 Å². The number of para-hydroxylation sites is 7. The summed E-state index contributed by atoms with van der Waals surface area (Å²) in [7, 11) is 0. The number of furan rings is 1. The smallest absolute Gasteiger partial charge is 0.307 e. The van der Waals surface area contributed by atoms with Crippen molar-refractivity contribution >= 4 is 106 Å². The Kier molecular flexibility index (Phi) is 5.71. The first-order valence-electron chi connectivity index (χ1n) is 20.3. The number of hydrogen-bond acceptors (Lipinski definition) is 5. The van der Waals surface area contributed by atoms with Crippen LogP contribution in [0, 0.1) is 0 Å². The van der Waals surface area contributed by atoms with Crippen LogP contribution in [0.4, 0.5) is 0 Å². The average molecular weight is 785 g/mol. The fourth-order valence-corrected chi connectivity index (χ4v) is 9.81. The molecule has 15 aromatic rings. The van der Waals surface area contributed by atoms with Crippen molar-refractivity contribution in [3.63, 3.8) is 0 Å². The Bertz CT molecular complexity index is 4370. The van der Waals surface area contributed by atoms with Crippen molar-refractivity contribution in [1.82, 2.24) is 37.7 Å². The molecule has 0 aliphatic rings. The summed E-state index contributed by atoms with van der Waals surface area (Å²) in [5.74, 6) is 2.25. The average Bonchev–Trinajstić information content (AvgIpc) is 4.16. The van der Waals surface area contributed by atoms with E-state index in [1.165, 1.54) is 0 Å². The lowest BCUT2D eigenvalue weighted by Crippen LogP contribution is -1.95. The number of aromatic amines is 1. The maximum Gasteiger partial charge on any atom is 0.307 e. The maximum atomic E-state index is 6.75. The molecule has 10 nitrogen and oxygen atoms in total. The zero-order chi connectivity index (χ0) is 39.5. The first-order chi connectivity index (χ1) is 30.2. The van der Waals surface area contributed by atoms with Crippen molar-refractivity contribution in [1.29, 1.82) is 0 Å². The van der Waals surface area contributed by atoms with E-state index in [4.69, 9.17) is 23.8 Å². The van der Waals surface area contributed by atoms with Gasteiger partial charge in [-0.15, -0.1) is 0 Å². The molecule has 0 unspecified atom stereocenters. The number of fused-ring (bicyclic) bond motifs is 18. The van der Waals surface area contributed by atoms with Gasteiger partial charge in [-0.25, -0.2) is 9.97 Å².